The maximum absolute atomic E-state index is 13.1. The van der Waals surface area contributed by atoms with Gasteiger partial charge in [-0.1, -0.05) is 25.3 Å². The second-order valence-electron chi connectivity index (χ2n) is 6.49. The van der Waals surface area contributed by atoms with Crippen LogP contribution < -0.4 is 5.32 Å². The van der Waals surface area contributed by atoms with Crippen LogP contribution >= 0.6 is 0 Å². The smallest absolute Gasteiger partial charge is 0.126 e. The van der Waals surface area contributed by atoms with Gasteiger partial charge in [-0.25, -0.2) is 4.39 Å². The van der Waals surface area contributed by atoms with Crippen molar-refractivity contribution >= 4 is 0 Å². The Morgan fingerprint density at radius 1 is 1.29 bits per heavy atom. The van der Waals surface area contributed by atoms with Gasteiger partial charge in [-0.15, -0.1) is 0 Å². The maximum Gasteiger partial charge on any atom is 0.126 e. The van der Waals surface area contributed by atoms with Gasteiger partial charge in [0.15, 0.2) is 0 Å². The summed E-state index contributed by atoms with van der Waals surface area (Å²) in [6, 6.07) is 4.24. The molecule has 1 aromatic carbocycles. The Balaban J connectivity index is 2.03. The second-order valence-corrected chi connectivity index (χ2v) is 6.49. The highest BCUT2D eigenvalue weighted by molar-refractivity contribution is 5.34. The van der Waals surface area contributed by atoms with E-state index in [2.05, 4.69) is 24.3 Å². The van der Waals surface area contributed by atoms with Gasteiger partial charge >= 0.3 is 0 Å². The highest BCUT2D eigenvalue weighted by Crippen LogP contribution is 2.33. The molecule has 0 aromatic heterocycles. The molecule has 118 valence electrons. The molecule has 1 saturated carbocycles. The Labute approximate surface area is 127 Å². The Morgan fingerprint density at radius 2 is 1.95 bits per heavy atom. The van der Waals surface area contributed by atoms with Crippen LogP contribution in [-0.2, 0) is 0 Å². The number of phenolic OH excluding ortho intramolecular Hbond substituents is 1. The number of nitrogens with zero attached hydrogens (tertiary/aromatic N) is 1. The third-order valence-electron chi connectivity index (χ3n) is 4.93. The molecule has 1 aromatic rings. The van der Waals surface area contributed by atoms with Gasteiger partial charge in [-0.2, -0.15) is 0 Å². The number of halogens is 1. The summed E-state index contributed by atoms with van der Waals surface area (Å²) >= 11 is 0. The van der Waals surface area contributed by atoms with Crippen LogP contribution in [0.2, 0.25) is 0 Å². The Kier molecular flexibility index (Phi) is 5.22. The van der Waals surface area contributed by atoms with Gasteiger partial charge in [0.1, 0.15) is 11.6 Å². The van der Waals surface area contributed by atoms with Gasteiger partial charge in [0.2, 0.25) is 0 Å². The molecule has 1 fully saturated rings. The van der Waals surface area contributed by atoms with Crippen LogP contribution in [-0.4, -0.2) is 36.2 Å². The highest BCUT2D eigenvalue weighted by Gasteiger charge is 2.34. The summed E-state index contributed by atoms with van der Waals surface area (Å²) in [5.41, 5.74) is 0.948. The largest absolute Gasteiger partial charge is 0.508 e. The van der Waals surface area contributed by atoms with Crippen LogP contribution in [0.5, 0.6) is 5.75 Å². The zero-order chi connectivity index (χ0) is 15.5. The van der Waals surface area contributed by atoms with Crippen LogP contribution in [0.3, 0.4) is 0 Å². The highest BCUT2D eigenvalue weighted by atomic mass is 19.1. The van der Waals surface area contributed by atoms with Crippen molar-refractivity contribution in [2.75, 3.05) is 20.6 Å². The molecule has 1 unspecified atom stereocenters. The van der Waals surface area contributed by atoms with Crippen LogP contribution in [0.25, 0.3) is 0 Å². The molecule has 2 N–H and O–H groups in total. The minimum Gasteiger partial charge on any atom is -0.508 e. The first-order chi connectivity index (χ1) is 9.94. The van der Waals surface area contributed by atoms with Crippen LogP contribution in [0, 0.1) is 5.82 Å². The fourth-order valence-electron chi connectivity index (χ4n) is 3.33. The fourth-order valence-corrected chi connectivity index (χ4v) is 3.33. The van der Waals surface area contributed by atoms with Crippen LogP contribution in [0.1, 0.15) is 50.6 Å². The standard InChI is InChI=1S/C17H27FN2O/c1-13(15-8-7-14(18)11-16(15)21)19-12-17(20(2)3)9-5-4-6-10-17/h7-8,11,13,19,21H,4-6,9-10,12H2,1-3H3. The molecule has 0 amide bonds. The predicted octanol–water partition coefficient (Wildman–Crippen LogP) is 3.45. The van der Waals surface area contributed by atoms with E-state index in [1.807, 2.05) is 6.92 Å². The van der Waals surface area contributed by atoms with E-state index < -0.39 is 5.82 Å². The van der Waals surface area contributed by atoms with Gasteiger partial charge < -0.3 is 15.3 Å². The van der Waals surface area contributed by atoms with Gasteiger partial charge in [-0.05, 0) is 39.9 Å². The number of aromatic hydroxyl groups is 1. The lowest BCUT2D eigenvalue weighted by atomic mass is 9.80. The number of hydrogen-bond acceptors (Lipinski definition) is 3. The molecule has 1 aliphatic carbocycles. The minimum atomic E-state index is -0.402. The van der Waals surface area contributed by atoms with Crippen molar-refractivity contribution in [3.05, 3.63) is 29.6 Å². The first-order valence-corrected chi connectivity index (χ1v) is 7.84. The van der Waals surface area contributed by atoms with Crippen molar-refractivity contribution in [1.29, 1.82) is 0 Å². The molecule has 0 bridgehead atoms. The Bertz CT molecular complexity index is 470. The molecule has 3 nitrogen and oxygen atoms in total. The van der Waals surface area contributed by atoms with Crippen molar-refractivity contribution in [3.8, 4) is 5.75 Å². The lowest BCUT2D eigenvalue weighted by molar-refractivity contribution is 0.0957. The van der Waals surface area contributed by atoms with E-state index >= 15 is 0 Å². The number of hydrogen-bond donors (Lipinski definition) is 2. The Hall–Kier alpha value is -1.13. The van der Waals surface area contributed by atoms with Gasteiger partial charge in [0.05, 0.1) is 0 Å². The topological polar surface area (TPSA) is 35.5 Å². The molecule has 0 aliphatic heterocycles. The lowest BCUT2D eigenvalue weighted by Crippen LogP contribution is -2.53. The average Bonchev–Trinajstić information content (AvgIpc) is 2.45. The van der Waals surface area contributed by atoms with Gasteiger partial charge in [0.25, 0.3) is 0 Å². The molecule has 1 atom stereocenters. The first-order valence-electron chi connectivity index (χ1n) is 7.84. The van der Waals surface area contributed by atoms with E-state index in [9.17, 15) is 9.50 Å². The normalized spacial score (nSPS) is 19.7. The summed E-state index contributed by atoms with van der Waals surface area (Å²) in [6.45, 7) is 2.90. The molecular formula is C17H27FN2O. The zero-order valence-electron chi connectivity index (χ0n) is 13.3. The van der Waals surface area contributed by atoms with Crippen molar-refractivity contribution in [3.63, 3.8) is 0 Å². The number of benzene rings is 1. The number of likely N-dealkylation sites (N-methyl/N-ethyl adjacent to an activating group) is 1. The van der Waals surface area contributed by atoms with E-state index in [0.717, 1.165) is 12.1 Å². The zero-order valence-corrected chi connectivity index (χ0v) is 13.3. The van der Waals surface area contributed by atoms with E-state index in [-0.39, 0.29) is 17.3 Å². The number of phenols is 1. The van der Waals surface area contributed by atoms with E-state index in [0.29, 0.717) is 0 Å². The Morgan fingerprint density at radius 3 is 2.52 bits per heavy atom. The van der Waals surface area contributed by atoms with Crippen LogP contribution in [0.4, 0.5) is 4.39 Å². The molecule has 0 saturated heterocycles. The molecule has 0 radical (unpaired) electrons. The van der Waals surface area contributed by atoms with Crippen molar-refractivity contribution < 1.29 is 9.50 Å². The minimum absolute atomic E-state index is 0.00403. The second kappa shape index (κ2) is 6.75. The maximum atomic E-state index is 13.1. The molecule has 1 aliphatic rings. The summed E-state index contributed by atoms with van der Waals surface area (Å²) in [6.07, 6.45) is 6.28. The number of rotatable bonds is 5. The predicted molar refractivity (Wildman–Crippen MR) is 84.0 cm³/mol. The molecule has 4 heteroatoms. The summed E-state index contributed by atoms with van der Waals surface area (Å²) in [4.78, 5) is 2.33. The van der Waals surface area contributed by atoms with Crippen molar-refractivity contribution in [2.45, 2.75) is 50.6 Å². The summed E-state index contributed by atoms with van der Waals surface area (Å²) in [7, 11) is 4.29. The quantitative estimate of drug-likeness (QED) is 0.873. The third kappa shape index (κ3) is 3.74. The van der Waals surface area contributed by atoms with Gasteiger partial charge in [0, 0.05) is 29.8 Å². The molecule has 21 heavy (non-hydrogen) atoms. The van der Waals surface area contributed by atoms with Crippen LogP contribution in [0.15, 0.2) is 18.2 Å². The molecule has 0 spiro atoms. The lowest BCUT2D eigenvalue weighted by Gasteiger charge is -2.44. The van der Waals surface area contributed by atoms with E-state index in [1.165, 1.54) is 44.2 Å². The fraction of sp³-hybridized carbons (Fsp3) is 0.647. The average molecular weight is 294 g/mol. The SMILES string of the molecule is CC(NCC1(N(C)C)CCCCC1)c1ccc(F)cc1O. The van der Waals surface area contributed by atoms with Crippen molar-refractivity contribution in [2.24, 2.45) is 0 Å². The van der Waals surface area contributed by atoms with E-state index in [4.69, 9.17) is 0 Å². The van der Waals surface area contributed by atoms with Gasteiger partial charge in [-0.3, -0.25) is 0 Å². The summed E-state index contributed by atoms with van der Waals surface area (Å²) in [5, 5.41) is 13.4. The first kappa shape index (κ1) is 16.2. The molecule has 2 rings (SSSR count). The number of nitrogens with one attached hydrogen (secondary N) is 1. The molecular weight excluding hydrogens is 267 g/mol. The van der Waals surface area contributed by atoms with Crippen molar-refractivity contribution in [1.82, 2.24) is 10.2 Å². The molecule has 0 heterocycles. The monoisotopic (exact) mass is 294 g/mol. The third-order valence-corrected chi connectivity index (χ3v) is 4.93. The summed E-state index contributed by atoms with van der Waals surface area (Å²) in [5.74, 6) is -0.377. The van der Waals surface area contributed by atoms with E-state index in [1.54, 1.807) is 6.07 Å². The summed E-state index contributed by atoms with van der Waals surface area (Å²) < 4.78 is 13.1.